The van der Waals surface area contributed by atoms with E-state index in [2.05, 4.69) is 30.4 Å². The molecule has 3 heteroatoms. The van der Waals surface area contributed by atoms with Gasteiger partial charge < -0.3 is 11.1 Å². The largest absolute Gasteiger partial charge is 0.389 e. The Labute approximate surface area is 113 Å². The summed E-state index contributed by atoms with van der Waals surface area (Å²) in [6, 6.07) is 16.1. The molecule has 2 nitrogen and oxygen atoms in total. The number of nitrogens with one attached hydrogen (secondary N) is 1. The van der Waals surface area contributed by atoms with Crippen LogP contribution >= 0.6 is 12.2 Å². The van der Waals surface area contributed by atoms with Crippen LogP contribution in [0.3, 0.4) is 0 Å². The van der Waals surface area contributed by atoms with Gasteiger partial charge in [-0.1, -0.05) is 37.3 Å². The minimum atomic E-state index is 0.426. The maximum Gasteiger partial charge on any atom is 0.103 e. The van der Waals surface area contributed by atoms with Crippen molar-refractivity contribution >= 4 is 28.6 Å². The van der Waals surface area contributed by atoms with Gasteiger partial charge in [0.2, 0.25) is 0 Å². The molecule has 2 aromatic carbocycles. The maximum atomic E-state index is 5.57. The van der Waals surface area contributed by atoms with E-state index in [1.807, 2.05) is 30.3 Å². The third-order valence-electron chi connectivity index (χ3n) is 2.85. The van der Waals surface area contributed by atoms with Crippen molar-refractivity contribution in [2.75, 3.05) is 5.32 Å². The quantitative estimate of drug-likeness (QED) is 0.820. The highest BCUT2D eigenvalue weighted by molar-refractivity contribution is 7.80. The lowest BCUT2D eigenvalue weighted by molar-refractivity contribution is 1.14. The summed E-state index contributed by atoms with van der Waals surface area (Å²) in [5.41, 5.74) is 9.94. The van der Waals surface area contributed by atoms with Crippen LogP contribution < -0.4 is 11.1 Å². The average Bonchev–Trinajstić information content (AvgIpc) is 2.40. The number of hydrogen-bond donors (Lipinski definition) is 2. The lowest BCUT2D eigenvalue weighted by Crippen LogP contribution is -2.08. The number of anilines is 2. The predicted octanol–water partition coefficient (Wildman–Crippen LogP) is 3.63. The molecule has 0 amide bonds. The Morgan fingerprint density at radius 3 is 2.39 bits per heavy atom. The smallest absolute Gasteiger partial charge is 0.103 e. The second kappa shape index (κ2) is 5.65. The Kier molecular flexibility index (Phi) is 3.95. The number of aryl methyl sites for hydroxylation is 1. The van der Waals surface area contributed by atoms with E-state index >= 15 is 0 Å². The average molecular weight is 256 g/mol. The summed E-state index contributed by atoms with van der Waals surface area (Å²) in [6.45, 7) is 2.15. The standard InChI is InChI=1S/C15H16N2S/c1-2-11-5-3-4-6-14(11)17-13-9-7-12(8-10-13)15(16)18/h3-10,17H,2H2,1H3,(H2,16,18). The molecule has 0 aliphatic carbocycles. The Bertz CT molecular complexity index is 547. The molecule has 0 saturated carbocycles. The van der Waals surface area contributed by atoms with Crippen LogP contribution in [0.1, 0.15) is 18.1 Å². The molecular formula is C15H16N2S. The van der Waals surface area contributed by atoms with Gasteiger partial charge in [-0.05, 0) is 42.3 Å². The molecule has 0 aliphatic rings. The zero-order valence-electron chi connectivity index (χ0n) is 10.3. The molecule has 0 aliphatic heterocycles. The molecule has 3 N–H and O–H groups in total. The van der Waals surface area contributed by atoms with Crippen LogP contribution in [0.25, 0.3) is 0 Å². The van der Waals surface area contributed by atoms with E-state index < -0.39 is 0 Å². The molecule has 0 bridgehead atoms. The van der Waals surface area contributed by atoms with Gasteiger partial charge in [-0.3, -0.25) is 0 Å². The number of benzene rings is 2. The Morgan fingerprint density at radius 2 is 1.78 bits per heavy atom. The van der Waals surface area contributed by atoms with Crippen molar-refractivity contribution in [3.05, 3.63) is 59.7 Å². The van der Waals surface area contributed by atoms with Crippen LogP contribution in [-0.4, -0.2) is 4.99 Å². The number of thiocarbonyl (C=S) groups is 1. The Balaban J connectivity index is 2.21. The lowest BCUT2D eigenvalue weighted by atomic mass is 10.1. The molecule has 0 radical (unpaired) electrons. The van der Waals surface area contributed by atoms with E-state index in [0.29, 0.717) is 4.99 Å². The summed E-state index contributed by atoms with van der Waals surface area (Å²) >= 11 is 4.93. The van der Waals surface area contributed by atoms with E-state index in [1.165, 1.54) is 5.56 Å². The number of hydrogen-bond acceptors (Lipinski definition) is 2. The molecule has 18 heavy (non-hydrogen) atoms. The molecule has 0 atom stereocenters. The van der Waals surface area contributed by atoms with Crippen molar-refractivity contribution in [3.63, 3.8) is 0 Å². The minimum absolute atomic E-state index is 0.426. The molecule has 0 heterocycles. The van der Waals surface area contributed by atoms with Gasteiger partial charge in [0, 0.05) is 16.9 Å². The summed E-state index contributed by atoms with van der Waals surface area (Å²) in [5.74, 6) is 0. The van der Waals surface area contributed by atoms with Crippen molar-refractivity contribution in [2.45, 2.75) is 13.3 Å². The molecule has 0 aromatic heterocycles. The molecule has 2 rings (SSSR count). The number of rotatable bonds is 4. The first-order valence-electron chi connectivity index (χ1n) is 5.95. The molecule has 0 fully saturated rings. The van der Waals surface area contributed by atoms with Crippen molar-refractivity contribution in [3.8, 4) is 0 Å². The van der Waals surface area contributed by atoms with Crippen molar-refractivity contribution < 1.29 is 0 Å². The van der Waals surface area contributed by atoms with Gasteiger partial charge in [-0.15, -0.1) is 0 Å². The second-order valence-electron chi connectivity index (χ2n) is 4.08. The van der Waals surface area contributed by atoms with Crippen LogP contribution in [0.4, 0.5) is 11.4 Å². The van der Waals surface area contributed by atoms with Gasteiger partial charge in [0.15, 0.2) is 0 Å². The molecule has 0 spiro atoms. The summed E-state index contributed by atoms with van der Waals surface area (Å²) in [7, 11) is 0. The van der Waals surface area contributed by atoms with Gasteiger partial charge in [0.1, 0.15) is 4.99 Å². The highest BCUT2D eigenvalue weighted by Gasteiger charge is 2.01. The minimum Gasteiger partial charge on any atom is -0.389 e. The fraction of sp³-hybridized carbons (Fsp3) is 0.133. The predicted molar refractivity (Wildman–Crippen MR) is 81.4 cm³/mol. The van der Waals surface area contributed by atoms with Gasteiger partial charge in [-0.2, -0.15) is 0 Å². The fourth-order valence-electron chi connectivity index (χ4n) is 1.82. The first-order valence-corrected chi connectivity index (χ1v) is 6.36. The number of nitrogens with two attached hydrogens (primary N) is 1. The van der Waals surface area contributed by atoms with E-state index in [1.54, 1.807) is 0 Å². The van der Waals surface area contributed by atoms with E-state index in [-0.39, 0.29) is 0 Å². The van der Waals surface area contributed by atoms with Crippen molar-refractivity contribution in [1.29, 1.82) is 0 Å². The van der Waals surface area contributed by atoms with Gasteiger partial charge in [0.25, 0.3) is 0 Å². The first kappa shape index (κ1) is 12.6. The molecule has 0 saturated heterocycles. The Hall–Kier alpha value is -1.87. The first-order chi connectivity index (χ1) is 8.70. The SMILES string of the molecule is CCc1ccccc1Nc1ccc(C(N)=S)cc1. The van der Waals surface area contributed by atoms with Crippen LogP contribution in [0.15, 0.2) is 48.5 Å². The molecule has 2 aromatic rings. The fourth-order valence-corrected chi connectivity index (χ4v) is 1.96. The zero-order chi connectivity index (χ0) is 13.0. The van der Waals surface area contributed by atoms with Crippen molar-refractivity contribution in [1.82, 2.24) is 0 Å². The lowest BCUT2D eigenvalue weighted by Gasteiger charge is -2.11. The maximum absolute atomic E-state index is 5.57. The number of para-hydroxylation sites is 1. The van der Waals surface area contributed by atoms with Crippen LogP contribution in [0, 0.1) is 0 Å². The zero-order valence-corrected chi connectivity index (χ0v) is 11.1. The topological polar surface area (TPSA) is 38.0 Å². The Morgan fingerprint density at radius 1 is 1.11 bits per heavy atom. The van der Waals surface area contributed by atoms with Gasteiger partial charge in [-0.25, -0.2) is 0 Å². The molecular weight excluding hydrogens is 240 g/mol. The third kappa shape index (κ3) is 2.87. The van der Waals surface area contributed by atoms with Crippen molar-refractivity contribution in [2.24, 2.45) is 5.73 Å². The highest BCUT2D eigenvalue weighted by Crippen LogP contribution is 2.21. The summed E-state index contributed by atoms with van der Waals surface area (Å²) in [4.78, 5) is 0.426. The van der Waals surface area contributed by atoms with E-state index in [4.69, 9.17) is 18.0 Å². The summed E-state index contributed by atoms with van der Waals surface area (Å²) in [6.07, 6.45) is 1.01. The molecule has 0 unspecified atom stereocenters. The normalized spacial score (nSPS) is 10.1. The van der Waals surface area contributed by atoms with Crippen LogP contribution in [-0.2, 0) is 6.42 Å². The summed E-state index contributed by atoms with van der Waals surface area (Å²) < 4.78 is 0. The monoisotopic (exact) mass is 256 g/mol. The molecule has 92 valence electrons. The highest BCUT2D eigenvalue weighted by atomic mass is 32.1. The van der Waals surface area contributed by atoms with Crippen LogP contribution in [0.5, 0.6) is 0 Å². The van der Waals surface area contributed by atoms with Gasteiger partial charge in [0.05, 0.1) is 0 Å². The van der Waals surface area contributed by atoms with Gasteiger partial charge >= 0.3 is 0 Å². The van der Waals surface area contributed by atoms with Crippen LogP contribution in [0.2, 0.25) is 0 Å². The van der Waals surface area contributed by atoms with E-state index in [0.717, 1.165) is 23.4 Å². The summed E-state index contributed by atoms with van der Waals surface area (Å²) in [5, 5.41) is 3.41. The van der Waals surface area contributed by atoms with E-state index in [9.17, 15) is 0 Å². The second-order valence-corrected chi connectivity index (χ2v) is 4.52. The third-order valence-corrected chi connectivity index (χ3v) is 3.08.